The van der Waals surface area contributed by atoms with Gasteiger partial charge in [-0.3, -0.25) is 0 Å². The number of piperidine rings is 1. The molecule has 4 nitrogen and oxygen atoms in total. The van der Waals surface area contributed by atoms with Crippen LogP contribution in [0, 0.1) is 12.8 Å². The van der Waals surface area contributed by atoms with E-state index in [4.69, 9.17) is 4.74 Å². The van der Waals surface area contributed by atoms with Gasteiger partial charge < -0.3 is 15.0 Å². The van der Waals surface area contributed by atoms with E-state index < -0.39 is 5.60 Å². The zero-order valence-corrected chi connectivity index (χ0v) is 15.0. The highest BCUT2D eigenvalue weighted by molar-refractivity contribution is 7.08. The Morgan fingerprint density at radius 3 is 2.86 bits per heavy atom. The Bertz CT molecular complexity index is 493. The summed E-state index contributed by atoms with van der Waals surface area (Å²) in [7, 11) is 0. The second-order valence-electron chi connectivity index (χ2n) is 7.15. The van der Waals surface area contributed by atoms with Gasteiger partial charge in [0.05, 0.1) is 0 Å². The van der Waals surface area contributed by atoms with Crippen molar-refractivity contribution in [3.8, 4) is 0 Å². The number of ether oxygens (including phenoxy) is 1. The van der Waals surface area contributed by atoms with Gasteiger partial charge in [0.25, 0.3) is 0 Å². The molecule has 0 saturated carbocycles. The summed E-state index contributed by atoms with van der Waals surface area (Å²) in [5.41, 5.74) is 2.32. The molecule has 1 amide bonds. The SMILES string of the molecule is Cc1cscc1CNCC1CCCN(C(=O)OC(C)(C)C)C1. The molecule has 1 aliphatic heterocycles. The Morgan fingerprint density at radius 2 is 2.23 bits per heavy atom. The van der Waals surface area contributed by atoms with Crippen LogP contribution in [0.15, 0.2) is 10.8 Å². The quantitative estimate of drug-likeness (QED) is 0.916. The van der Waals surface area contributed by atoms with Crippen LogP contribution >= 0.6 is 11.3 Å². The van der Waals surface area contributed by atoms with Crippen molar-refractivity contribution in [3.63, 3.8) is 0 Å². The van der Waals surface area contributed by atoms with Gasteiger partial charge in [-0.05, 0) is 74.9 Å². The molecule has 1 unspecified atom stereocenters. The van der Waals surface area contributed by atoms with Gasteiger partial charge in [0, 0.05) is 19.6 Å². The largest absolute Gasteiger partial charge is 0.444 e. The molecule has 1 N–H and O–H groups in total. The molecule has 124 valence electrons. The number of carbonyl (C=O) groups is 1. The number of likely N-dealkylation sites (tertiary alicyclic amines) is 1. The summed E-state index contributed by atoms with van der Waals surface area (Å²) in [5.74, 6) is 0.514. The summed E-state index contributed by atoms with van der Waals surface area (Å²) in [4.78, 5) is 14.0. The van der Waals surface area contributed by atoms with Crippen LogP contribution in [0.1, 0.15) is 44.7 Å². The van der Waals surface area contributed by atoms with Gasteiger partial charge >= 0.3 is 6.09 Å². The van der Waals surface area contributed by atoms with Crippen molar-refractivity contribution in [1.29, 1.82) is 0 Å². The van der Waals surface area contributed by atoms with Gasteiger partial charge in [-0.25, -0.2) is 4.79 Å². The summed E-state index contributed by atoms with van der Waals surface area (Å²) in [6.07, 6.45) is 2.06. The Balaban J connectivity index is 1.76. The number of amides is 1. The molecule has 1 saturated heterocycles. The van der Waals surface area contributed by atoms with Crippen LogP contribution in [-0.4, -0.2) is 36.2 Å². The van der Waals surface area contributed by atoms with Crippen LogP contribution in [-0.2, 0) is 11.3 Å². The van der Waals surface area contributed by atoms with Crippen LogP contribution in [0.5, 0.6) is 0 Å². The molecule has 0 radical (unpaired) electrons. The highest BCUT2D eigenvalue weighted by Gasteiger charge is 2.27. The third-order valence-corrected chi connectivity index (χ3v) is 4.79. The molecule has 1 aromatic heterocycles. The Labute approximate surface area is 137 Å². The first-order valence-electron chi connectivity index (χ1n) is 8.05. The van der Waals surface area contributed by atoms with E-state index in [2.05, 4.69) is 23.0 Å². The molecular weight excluding hydrogens is 296 g/mol. The minimum absolute atomic E-state index is 0.175. The average molecular weight is 324 g/mol. The van der Waals surface area contributed by atoms with Gasteiger partial charge in [0.2, 0.25) is 0 Å². The van der Waals surface area contributed by atoms with E-state index in [0.717, 1.165) is 32.6 Å². The minimum Gasteiger partial charge on any atom is -0.444 e. The third-order valence-electron chi connectivity index (χ3n) is 3.88. The number of hydrogen-bond donors (Lipinski definition) is 1. The Hall–Kier alpha value is -1.07. The number of thiophene rings is 1. The number of nitrogens with zero attached hydrogens (tertiary/aromatic N) is 1. The van der Waals surface area contributed by atoms with Gasteiger partial charge in [-0.2, -0.15) is 11.3 Å². The average Bonchev–Trinajstić information content (AvgIpc) is 2.83. The zero-order chi connectivity index (χ0) is 16.2. The molecule has 1 aliphatic rings. The minimum atomic E-state index is -0.418. The van der Waals surface area contributed by atoms with Crippen molar-refractivity contribution in [2.24, 2.45) is 5.92 Å². The van der Waals surface area contributed by atoms with Crippen molar-refractivity contribution in [3.05, 3.63) is 21.9 Å². The molecule has 1 atom stereocenters. The van der Waals surface area contributed by atoms with Crippen LogP contribution in [0.3, 0.4) is 0 Å². The van der Waals surface area contributed by atoms with Gasteiger partial charge in [0.1, 0.15) is 5.60 Å². The van der Waals surface area contributed by atoms with E-state index in [1.54, 1.807) is 11.3 Å². The number of aryl methyl sites for hydroxylation is 1. The maximum atomic E-state index is 12.1. The standard InChI is InChI=1S/C17H28N2O2S/c1-13-11-22-12-15(13)9-18-8-14-6-5-7-19(10-14)16(20)21-17(2,3)4/h11-12,14,18H,5-10H2,1-4H3. The lowest BCUT2D eigenvalue weighted by Gasteiger charge is -2.34. The number of rotatable bonds is 4. The Morgan fingerprint density at radius 1 is 1.45 bits per heavy atom. The lowest BCUT2D eigenvalue weighted by molar-refractivity contribution is 0.0166. The van der Waals surface area contributed by atoms with Crippen LogP contribution in [0.4, 0.5) is 4.79 Å². The molecule has 5 heteroatoms. The molecule has 1 fully saturated rings. The second-order valence-corrected chi connectivity index (χ2v) is 7.89. The number of hydrogen-bond acceptors (Lipinski definition) is 4. The fraction of sp³-hybridized carbons (Fsp3) is 0.706. The first-order valence-corrected chi connectivity index (χ1v) is 9.00. The molecule has 0 bridgehead atoms. The number of carbonyl (C=O) groups excluding carboxylic acids is 1. The van der Waals surface area contributed by atoms with Gasteiger partial charge in [-0.1, -0.05) is 0 Å². The van der Waals surface area contributed by atoms with Crippen molar-refractivity contribution < 1.29 is 9.53 Å². The van der Waals surface area contributed by atoms with E-state index in [9.17, 15) is 4.79 Å². The molecule has 22 heavy (non-hydrogen) atoms. The first-order chi connectivity index (χ1) is 10.3. The van der Waals surface area contributed by atoms with Crippen molar-refractivity contribution in [1.82, 2.24) is 10.2 Å². The summed E-state index contributed by atoms with van der Waals surface area (Å²) in [5, 5.41) is 7.92. The molecule has 1 aromatic rings. The normalized spacial score (nSPS) is 19.3. The van der Waals surface area contributed by atoms with Crippen molar-refractivity contribution in [2.75, 3.05) is 19.6 Å². The highest BCUT2D eigenvalue weighted by atomic mass is 32.1. The molecule has 0 spiro atoms. The van der Waals surface area contributed by atoms with Crippen molar-refractivity contribution >= 4 is 17.4 Å². The lowest BCUT2D eigenvalue weighted by atomic mass is 9.98. The van der Waals surface area contributed by atoms with E-state index in [1.807, 2.05) is 25.7 Å². The summed E-state index contributed by atoms with van der Waals surface area (Å²) < 4.78 is 5.47. The first kappa shape index (κ1) is 17.3. The van der Waals surface area contributed by atoms with Gasteiger partial charge in [0.15, 0.2) is 0 Å². The molecule has 0 aliphatic carbocycles. The Kier molecular flexibility index (Phi) is 5.87. The zero-order valence-electron chi connectivity index (χ0n) is 14.1. The maximum Gasteiger partial charge on any atom is 0.410 e. The predicted octanol–water partition coefficient (Wildman–Crippen LogP) is 3.79. The van der Waals surface area contributed by atoms with Crippen LogP contribution in [0.25, 0.3) is 0 Å². The smallest absolute Gasteiger partial charge is 0.410 e. The summed E-state index contributed by atoms with van der Waals surface area (Å²) in [6.45, 7) is 11.4. The lowest BCUT2D eigenvalue weighted by Crippen LogP contribution is -2.45. The van der Waals surface area contributed by atoms with E-state index >= 15 is 0 Å². The van der Waals surface area contributed by atoms with E-state index in [0.29, 0.717) is 5.92 Å². The van der Waals surface area contributed by atoms with Crippen LogP contribution < -0.4 is 5.32 Å². The summed E-state index contributed by atoms with van der Waals surface area (Å²) in [6, 6.07) is 0. The highest BCUT2D eigenvalue weighted by Crippen LogP contribution is 2.19. The van der Waals surface area contributed by atoms with Gasteiger partial charge in [-0.15, -0.1) is 0 Å². The fourth-order valence-electron chi connectivity index (χ4n) is 2.70. The maximum absolute atomic E-state index is 12.1. The third kappa shape index (κ3) is 5.29. The number of nitrogens with one attached hydrogen (secondary N) is 1. The van der Waals surface area contributed by atoms with Crippen LogP contribution in [0.2, 0.25) is 0 Å². The fourth-order valence-corrected chi connectivity index (χ4v) is 3.56. The second kappa shape index (κ2) is 7.47. The van der Waals surface area contributed by atoms with Crippen molar-refractivity contribution in [2.45, 2.75) is 52.7 Å². The molecule has 2 rings (SSSR count). The van der Waals surface area contributed by atoms with E-state index in [-0.39, 0.29) is 6.09 Å². The summed E-state index contributed by atoms with van der Waals surface area (Å²) >= 11 is 1.75. The topological polar surface area (TPSA) is 41.6 Å². The molecular formula is C17H28N2O2S. The monoisotopic (exact) mass is 324 g/mol. The predicted molar refractivity (Wildman–Crippen MR) is 91.3 cm³/mol. The molecule has 2 heterocycles. The van der Waals surface area contributed by atoms with E-state index in [1.165, 1.54) is 17.5 Å². The molecule has 0 aromatic carbocycles.